The molecule has 1 N–H and O–H groups in total. The monoisotopic (exact) mass is 181 g/mol. The molecule has 0 aromatic carbocycles. The van der Waals surface area contributed by atoms with Crippen LogP contribution < -0.4 is 0 Å². The van der Waals surface area contributed by atoms with Crippen LogP contribution in [0, 0.1) is 10.1 Å². The summed E-state index contributed by atoms with van der Waals surface area (Å²) >= 11 is 0. The van der Waals surface area contributed by atoms with Gasteiger partial charge in [0.1, 0.15) is 6.20 Å². The fraction of sp³-hybridized carbons (Fsp3) is 0. The number of hydrogen-bond donors (Lipinski definition) is 1. The lowest BCUT2D eigenvalue weighted by atomic mass is 10.7. The maximum atomic E-state index is 9.77. The standard InChI is InChI=1S/C4H4O.C3H3N3O2/c1-2-4-5-3-1;7-6(8)3-4-1-2-5-3/h1-4H;1-2H,(H,4,5). The van der Waals surface area contributed by atoms with E-state index >= 15 is 0 Å². The van der Waals surface area contributed by atoms with E-state index in [4.69, 9.17) is 0 Å². The van der Waals surface area contributed by atoms with Gasteiger partial charge in [0, 0.05) is 0 Å². The number of nitrogens with one attached hydrogen (secondary N) is 1. The molecule has 68 valence electrons. The van der Waals surface area contributed by atoms with Gasteiger partial charge in [0.05, 0.1) is 18.7 Å². The van der Waals surface area contributed by atoms with Crippen LogP contribution in [0.15, 0.2) is 41.5 Å². The summed E-state index contributed by atoms with van der Waals surface area (Å²) in [6, 6.07) is 3.67. The normalized spacial score (nSPS) is 8.62. The molecule has 0 fully saturated rings. The number of H-pyrrole nitrogens is 1. The number of nitro groups is 1. The summed E-state index contributed by atoms with van der Waals surface area (Å²) in [6.45, 7) is 0. The third-order valence-electron chi connectivity index (χ3n) is 1.08. The van der Waals surface area contributed by atoms with Crippen LogP contribution >= 0.6 is 0 Å². The van der Waals surface area contributed by atoms with Gasteiger partial charge < -0.3 is 14.5 Å². The average Bonchev–Trinajstić information content (AvgIpc) is 2.82. The summed E-state index contributed by atoms with van der Waals surface area (Å²) in [4.78, 5) is 14.9. The molecule has 0 aliphatic carbocycles. The van der Waals surface area contributed by atoms with Gasteiger partial charge in [-0.15, -0.1) is 0 Å². The van der Waals surface area contributed by atoms with E-state index in [9.17, 15) is 10.1 Å². The quantitative estimate of drug-likeness (QED) is 0.534. The molecule has 0 unspecified atom stereocenters. The molecule has 2 aromatic heterocycles. The van der Waals surface area contributed by atoms with Crippen molar-refractivity contribution < 1.29 is 9.34 Å². The highest BCUT2D eigenvalue weighted by Crippen LogP contribution is 1.96. The Kier molecular flexibility index (Phi) is 3.25. The van der Waals surface area contributed by atoms with Crippen molar-refractivity contribution in [1.82, 2.24) is 9.97 Å². The topological polar surface area (TPSA) is 85.0 Å². The molecule has 2 heterocycles. The van der Waals surface area contributed by atoms with Crippen LogP contribution in [-0.4, -0.2) is 14.9 Å². The number of rotatable bonds is 1. The zero-order chi connectivity index (χ0) is 9.52. The van der Waals surface area contributed by atoms with Crippen molar-refractivity contribution in [3.05, 3.63) is 47.2 Å². The fourth-order valence-electron chi connectivity index (χ4n) is 0.584. The van der Waals surface area contributed by atoms with E-state index in [2.05, 4.69) is 14.4 Å². The molecule has 0 spiro atoms. The van der Waals surface area contributed by atoms with Crippen LogP contribution in [0.5, 0.6) is 0 Å². The smallest absolute Gasteiger partial charge is 0.432 e. The van der Waals surface area contributed by atoms with E-state index in [1.54, 1.807) is 12.5 Å². The summed E-state index contributed by atoms with van der Waals surface area (Å²) in [7, 11) is 0. The number of furan rings is 1. The average molecular weight is 181 g/mol. The first-order valence-electron chi connectivity index (χ1n) is 3.41. The van der Waals surface area contributed by atoms with E-state index in [0.717, 1.165) is 0 Å². The first-order valence-corrected chi connectivity index (χ1v) is 3.41. The molecule has 13 heavy (non-hydrogen) atoms. The highest BCUT2D eigenvalue weighted by Gasteiger charge is 2.01. The summed E-state index contributed by atoms with van der Waals surface area (Å²) in [5, 5.41) is 9.77. The van der Waals surface area contributed by atoms with Gasteiger partial charge in [-0.05, 0) is 17.1 Å². The minimum absolute atomic E-state index is 0.218. The molecule has 0 saturated heterocycles. The maximum absolute atomic E-state index is 9.77. The van der Waals surface area contributed by atoms with E-state index in [0.29, 0.717) is 0 Å². The Morgan fingerprint density at radius 3 is 2.38 bits per heavy atom. The molecule has 0 radical (unpaired) electrons. The molecule has 0 bridgehead atoms. The summed E-state index contributed by atoms with van der Waals surface area (Å²) in [5.74, 6) is -0.218. The highest BCUT2D eigenvalue weighted by molar-refractivity contribution is 5.00. The lowest BCUT2D eigenvalue weighted by molar-refractivity contribution is -0.393. The van der Waals surface area contributed by atoms with Crippen molar-refractivity contribution in [3.63, 3.8) is 0 Å². The summed E-state index contributed by atoms with van der Waals surface area (Å²) in [6.07, 6.45) is 5.98. The van der Waals surface area contributed by atoms with Gasteiger partial charge in [0.2, 0.25) is 0 Å². The van der Waals surface area contributed by atoms with Gasteiger partial charge in [0.25, 0.3) is 0 Å². The molecule has 0 amide bonds. The lowest BCUT2D eigenvalue weighted by Crippen LogP contribution is -1.88. The minimum atomic E-state index is -0.583. The molecular formula is C7H7N3O3. The second kappa shape index (κ2) is 4.70. The van der Waals surface area contributed by atoms with E-state index < -0.39 is 4.92 Å². The fourth-order valence-corrected chi connectivity index (χ4v) is 0.584. The van der Waals surface area contributed by atoms with Gasteiger partial charge in [-0.25, -0.2) is 4.98 Å². The van der Waals surface area contributed by atoms with Gasteiger partial charge in [-0.3, -0.25) is 0 Å². The second-order valence-electron chi connectivity index (χ2n) is 1.96. The molecule has 6 nitrogen and oxygen atoms in total. The van der Waals surface area contributed by atoms with Crippen molar-refractivity contribution in [3.8, 4) is 0 Å². The van der Waals surface area contributed by atoms with Crippen LogP contribution in [0.4, 0.5) is 5.95 Å². The van der Waals surface area contributed by atoms with Crippen LogP contribution in [0.3, 0.4) is 0 Å². The molecule has 0 atom stereocenters. The Morgan fingerprint density at radius 2 is 2.15 bits per heavy atom. The lowest BCUT2D eigenvalue weighted by Gasteiger charge is -1.83. The second-order valence-corrected chi connectivity index (χ2v) is 1.96. The van der Waals surface area contributed by atoms with Crippen LogP contribution in [0.2, 0.25) is 0 Å². The first-order chi connectivity index (χ1) is 6.30. The van der Waals surface area contributed by atoms with Crippen LogP contribution in [0.1, 0.15) is 0 Å². The van der Waals surface area contributed by atoms with E-state index in [1.807, 2.05) is 12.1 Å². The molecule has 2 aromatic rings. The van der Waals surface area contributed by atoms with Crippen molar-refractivity contribution in [2.24, 2.45) is 0 Å². The van der Waals surface area contributed by atoms with Gasteiger partial charge in [0.15, 0.2) is 0 Å². The third kappa shape index (κ3) is 3.19. The van der Waals surface area contributed by atoms with Crippen molar-refractivity contribution in [2.75, 3.05) is 0 Å². The Hall–Kier alpha value is -2.11. The molecule has 0 aliphatic rings. The molecule has 0 saturated carbocycles. The van der Waals surface area contributed by atoms with Crippen LogP contribution in [0.25, 0.3) is 0 Å². The van der Waals surface area contributed by atoms with Gasteiger partial charge in [-0.1, -0.05) is 4.98 Å². The predicted octanol–water partition coefficient (Wildman–Crippen LogP) is 1.60. The molecule has 0 aliphatic heterocycles. The Balaban J connectivity index is 0.000000145. The number of nitrogens with zero attached hydrogens (tertiary/aromatic N) is 2. The van der Waals surface area contributed by atoms with Gasteiger partial charge >= 0.3 is 5.95 Å². The molecular weight excluding hydrogens is 174 g/mol. The van der Waals surface area contributed by atoms with E-state index in [1.165, 1.54) is 12.4 Å². The zero-order valence-electron chi connectivity index (χ0n) is 6.58. The predicted molar refractivity (Wildman–Crippen MR) is 44.0 cm³/mol. The Morgan fingerprint density at radius 1 is 1.46 bits per heavy atom. The minimum Gasteiger partial charge on any atom is -0.473 e. The number of hydrogen-bond acceptors (Lipinski definition) is 4. The summed E-state index contributed by atoms with van der Waals surface area (Å²) in [5.41, 5.74) is 0. The Labute approximate surface area is 73.4 Å². The molecule has 2 rings (SSSR count). The highest BCUT2D eigenvalue weighted by atomic mass is 16.6. The summed E-state index contributed by atoms with van der Waals surface area (Å²) < 4.78 is 4.58. The van der Waals surface area contributed by atoms with Crippen molar-refractivity contribution in [2.45, 2.75) is 0 Å². The van der Waals surface area contributed by atoms with Gasteiger partial charge in [-0.2, -0.15) is 0 Å². The largest absolute Gasteiger partial charge is 0.473 e. The number of imidazole rings is 1. The number of aromatic amines is 1. The molecule has 6 heteroatoms. The SMILES string of the molecule is O=[N+]([O-])c1ncc[nH]1.c1ccoc1. The van der Waals surface area contributed by atoms with Crippen molar-refractivity contribution >= 4 is 5.95 Å². The number of aromatic nitrogens is 2. The van der Waals surface area contributed by atoms with Crippen LogP contribution in [-0.2, 0) is 0 Å². The van der Waals surface area contributed by atoms with Crippen molar-refractivity contribution in [1.29, 1.82) is 0 Å². The third-order valence-corrected chi connectivity index (χ3v) is 1.08. The maximum Gasteiger partial charge on any atom is 0.432 e. The van der Waals surface area contributed by atoms with E-state index in [-0.39, 0.29) is 5.95 Å². The zero-order valence-corrected chi connectivity index (χ0v) is 6.58. The Bertz CT molecular complexity index is 311. The first kappa shape index (κ1) is 8.98.